The maximum absolute atomic E-state index is 6.37. The van der Waals surface area contributed by atoms with Crippen LogP contribution in [-0.4, -0.2) is 16.0 Å². The molecule has 1 fully saturated rings. The quantitative estimate of drug-likeness (QED) is 0.432. The summed E-state index contributed by atoms with van der Waals surface area (Å²) >= 11 is 8.51. The number of nitrogens with zero attached hydrogens (tertiary/aromatic N) is 1. The molecular formula is C25H26ClNS. The molecule has 0 bridgehead atoms. The van der Waals surface area contributed by atoms with E-state index in [9.17, 15) is 0 Å². The molecule has 2 unspecified atom stereocenters. The predicted molar refractivity (Wildman–Crippen MR) is 122 cm³/mol. The lowest BCUT2D eigenvalue weighted by Crippen LogP contribution is -2.24. The standard InChI is InChI=1S/C25H26ClNS/c1-18(19-9-3-2-4-10-19)25(24-13-7-8-16-28-24)20-14-15-23(27-17-20)21-11-5-6-12-22(21)26/h2-6,9-12,14-15,17-18,24-25H,7-8,13,16H2,1H3/t18-,24?,25?/m1/s1. The number of hydrogen-bond donors (Lipinski definition) is 0. The molecule has 0 N–H and O–H groups in total. The minimum Gasteiger partial charge on any atom is -0.256 e. The van der Waals surface area contributed by atoms with Crippen LogP contribution in [0.15, 0.2) is 72.9 Å². The van der Waals surface area contributed by atoms with Gasteiger partial charge in [0.25, 0.3) is 0 Å². The molecule has 0 amide bonds. The van der Waals surface area contributed by atoms with E-state index in [1.807, 2.05) is 24.3 Å². The van der Waals surface area contributed by atoms with Crippen molar-refractivity contribution in [1.82, 2.24) is 4.98 Å². The first-order valence-electron chi connectivity index (χ1n) is 10.1. The summed E-state index contributed by atoms with van der Waals surface area (Å²) in [7, 11) is 0. The number of pyridine rings is 1. The summed E-state index contributed by atoms with van der Waals surface area (Å²) in [6.07, 6.45) is 6.05. The van der Waals surface area contributed by atoms with Crippen molar-refractivity contribution in [3.05, 3.63) is 89.1 Å². The number of benzene rings is 2. The van der Waals surface area contributed by atoms with Crippen molar-refractivity contribution in [1.29, 1.82) is 0 Å². The fourth-order valence-electron chi connectivity index (χ4n) is 4.27. The van der Waals surface area contributed by atoms with Crippen LogP contribution in [0.25, 0.3) is 11.3 Å². The average Bonchev–Trinajstić information content (AvgIpc) is 2.76. The van der Waals surface area contributed by atoms with Gasteiger partial charge in [-0.3, -0.25) is 4.98 Å². The summed E-state index contributed by atoms with van der Waals surface area (Å²) in [5, 5.41) is 1.40. The Labute approximate surface area is 177 Å². The molecule has 2 heterocycles. The third-order valence-corrected chi connectivity index (χ3v) is 7.61. The highest BCUT2D eigenvalue weighted by Crippen LogP contribution is 2.44. The monoisotopic (exact) mass is 407 g/mol. The second-order valence-corrected chi connectivity index (χ2v) is 9.34. The second-order valence-electron chi connectivity index (χ2n) is 7.59. The van der Waals surface area contributed by atoms with Crippen molar-refractivity contribution in [2.24, 2.45) is 0 Å². The fraction of sp³-hybridized carbons (Fsp3) is 0.320. The van der Waals surface area contributed by atoms with Crippen molar-refractivity contribution >= 4 is 23.4 Å². The number of rotatable bonds is 5. The Morgan fingerprint density at radius 1 is 0.929 bits per heavy atom. The van der Waals surface area contributed by atoms with Crippen molar-refractivity contribution in [3.8, 4) is 11.3 Å². The van der Waals surface area contributed by atoms with Gasteiger partial charge in [-0.1, -0.05) is 79.5 Å². The van der Waals surface area contributed by atoms with Gasteiger partial charge < -0.3 is 0 Å². The van der Waals surface area contributed by atoms with E-state index < -0.39 is 0 Å². The summed E-state index contributed by atoms with van der Waals surface area (Å²) in [5.41, 5.74) is 4.69. The number of halogens is 1. The average molecular weight is 408 g/mol. The highest BCUT2D eigenvalue weighted by molar-refractivity contribution is 8.00. The van der Waals surface area contributed by atoms with E-state index in [1.165, 1.54) is 36.1 Å². The topological polar surface area (TPSA) is 12.9 Å². The lowest BCUT2D eigenvalue weighted by molar-refractivity contribution is 0.506. The first-order chi connectivity index (χ1) is 13.7. The van der Waals surface area contributed by atoms with Gasteiger partial charge in [0.15, 0.2) is 0 Å². The van der Waals surface area contributed by atoms with Crippen LogP contribution in [0.1, 0.15) is 49.1 Å². The van der Waals surface area contributed by atoms with Gasteiger partial charge in [-0.15, -0.1) is 0 Å². The van der Waals surface area contributed by atoms with Crippen LogP contribution < -0.4 is 0 Å². The van der Waals surface area contributed by atoms with Gasteiger partial charge in [-0.05, 0) is 47.8 Å². The number of hydrogen-bond acceptors (Lipinski definition) is 2. The van der Waals surface area contributed by atoms with Crippen LogP contribution in [0.3, 0.4) is 0 Å². The molecule has 1 aromatic heterocycles. The summed E-state index contributed by atoms with van der Waals surface area (Å²) in [6.45, 7) is 2.37. The lowest BCUT2D eigenvalue weighted by atomic mass is 9.79. The normalized spacial score (nSPS) is 19.1. The summed E-state index contributed by atoms with van der Waals surface area (Å²) in [6, 6.07) is 23.2. The van der Waals surface area contributed by atoms with Crippen molar-refractivity contribution in [3.63, 3.8) is 0 Å². The maximum Gasteiger partial charge on any atom is 0.0717 e. The number of thioether (sulfide) groups is 1. The first-order valence-corrected chi connectivity index (χ1v) is 11.5. The molecule has 0 radical (unpaired) electrons. The highest BCUT2D eigenvalue weighted by Gasteiger charge is 2.31. The third kappa shape index (κ3) is 4.29. The van der Waals surface area contributed by atoms with E-state index >= 15 is 0 Å². The van der Waals surface area contributed by atoms with Gasteiger partial charge >= 0.3 is 0 Å². The van der Waals surface area contributed by atoms with E-state index in [1.54, 1.807) is 0 Å². The van der Waals surface area contributed by atoms with Crippen LogP contribution in [0, 0.1) is 0 Å². The zero-order valence-corrected chi connectivity index (χ0v) is 17.8. The zero-order valence-electron chi connectivity index (χ0n) is 16.2. The van der Waals surface area contributed by atoms with Crippen LogP contribution in [0.5, 0.6) is 0 Å². The molecule has 144 valence electrons. The largest absolute Gasteiger partial charge is 0.256 e. The summed E-state index contributed by atoms with van der Waals surface area (Å²) in [4.78, 5) is 4.81. The minimum atomic E-state index is 0.463. The van der Waals surface area contributed by atoms with E-state index in [0.717, 1.165) is 16.3 Å². The Hall–Kier alpha value is -1.77. The highest BCUT2D eigenvalue weighted by atomic mass is 35.5. The first kappa shape index (κ1) is 19.5. The van der Waals surface area contributed by atoms with Crippen LogP contribution in [-0.2, 0) is 0 Å². The Kier molecular flexibility index (Phi) is 6.39. The van der Waals surface area contributed by atoms with Gasteiger partial charge in [-0.25, -0.2) is 0 Å². The minimum absolute atomic E-state index is 0.463. The van der Waals surface area contributed by atoms with Crippen molar-refractivity contribution < 1.29 is 0 Å². The maximum atomic E-state index is 6.37. The van der Waals surface area contributed by atoms with Gasteiger partial charge in [0.2, 0.25) is 0 Å². The predicted octanol–water partition coefficient (Wildman–Crippen LogP) is 7.58. The molecule has 1 aliphatic rings. The van der Waals surface area contributed by atoms with E-state index in [-0.39, 0.29) is 0 Å². The second kappa shape index (κ2) is 9.15. The Morgan fingerprint density at radius 3 is 2.39 bits per heavy atom. The lowest BCUT2D eigenvalue weighted by Gasteiger charge is -2.34. The Balaban J connectivity index is 1.67. The van der Waals surface area contributed by atoms with Crippen LogP contribution in [0.2, 0.25) is 5.02 Å². The molecule has 0 aliphatic carbocycles. The van der Waals surface area contributed by atoms with E-state index in [0.29, 0.717) is 17.1 Å². The van der Waals surface area contributed by atoms with Crippen molar-refractivity contribution in [2.45, 2.75) is 43.3 Å². The molecule has 3 atom stereocenters. The summed E-state index contributed by atoms with van der Waals surface area (Å²) in [5.74, 6) is 2.21. The molecular weight excluding hydrogens is 382 g/mol. The van der Waals surface area contributed by atoms with E-state index in [2.05, 4.69) is 67.3 Å². The molecule has 3 aromatic rings. The Bertz CT molecular complexity index is 888. The third-order valence-electron chi connectivity index (χ3n) is 5.80. The van der Waals surface area contributed by atoms with Gasteiger partial charge in [0, 0.05) is 28.0 Å². The van der Waals surface area contributed by atoms with Gasteiger partial charge in [0.1, 0.15) is 0 Å². The zero-order chi connectivity index (χ0) is 19.3. The molecule has 0 spiro atoms. The molecule has 3 heteroatoms. The molecule has 1 nitrogen and oxygen atoms in total. The molecule has 1 saturated heterocycles. The molecule has 2 aromatic carbocycles. The molecule has 28 heavy (non-hydrogen) atoms. The molecule has 0 saturated carbocycles. The van der Waals surface area contributed by atoms with Crippen molar-refractivity contribution in [2.75, 3.05) is 5.75 Å². The Morgan fingerprint density at radius 2 is 1.71 bits per heavy atom. The fourth-order valence-corrected chi connectivity index (χ4v) is 6.11. The van der Waals surface area contributed by atoms with Crippen LogP contribution in [0.4, 0.5) is 0 Å². The van der Waals surface area contributed by atoms with Gasteiger partial charge in [-0.2, -0.15) is 11.8 Å². The molecule has 1 aliphatic heterocycles. The van der Waals surface area contributed by atoms with E-state index in [4.69, 9.17) is 16.6 Å². The number of aromatic nitrogens is 1. The van der Waals surface area contributed by atoms with Gasteiger partial charge in [0.05, 0.1) is 5.69 Å². The summed E-state index contributed by atoms with van der Waals surface area (Å²) < 4.78 is 0. The molecule has 4 rings (SSSR count). The smallest absolute Gasteiger partial charge is 0.0717 e. The van der Waals surface area contributed by atoms with Crippen LogP contribution >= 0.6 is 23.4 Å². The SMILES string of the molecule is C[C@H](c1ccccc1)C(c1ccc(-c2ccccc2Cl)nc1)C1CCCCS1.